The highest BCUT2D eigenvalue weighted by Crippen LogP contribution is 2.27. The fourth-order valence-electron chi connectivity index (χ4n) is 2.17. The van der Waals surface area contributed by atoms with E-state index >= 15 is 0 Å². The fourth-order valence-corrected chi connectivity index (χ4v) is 2.90. The van der Waals surface area contributed by atoms with Crippen LogP contribution in [0.15, 0.2) is 51.7 Å². The van der Waals surface area contributed by atoms with Crippen LogP contribution in [0.5, 0.6) is 0 Å². The van der Waals surface area contributed by atoms with E-state index in [1.807, 2.05) is 26.0 Å². The summed E-state index contributed by atoms with van der Waals surface area (Å²) in [6.07, 6.45) is 6.63. The second-order valence-electron chi connectivity index (χ2n) is 5.27. The Bertz CT molecular complexity index is 883. The molecule has 9 nitrogen and oxygen atoms in total. The topological polar surface area (TPSA) is 114 Å². The van der Waals surface area contributed by atoms with E-state index in [0.717, 1.165) is 17.7 Å². The van der Waals surface area contributed by atoms with Gasteiger partial charge in [-0.05, 0) is 26.0 Å². The molecule has 0 aliphatic heterocycles. The lowest BCUT2D eigenvalue weighted by atomic mass is 10.3. The van der Waals surface area contributed by atoms with Gasteiger partial charge in [0.1, 0.15) is 12.1 Å². The summed E-state index contributed by atoms with van der Waals surface area (Å²) in [4.78, 5) is 16.8. The minimum atomic E-state index is 0.465. The van der Waals surface area contributed by atoms with Crippen LogP contribution in [-0.4, -0.2) is 44.2 Å². The van der Waals surface area contributed by atoms with E-state index in [1.54, 1.807) is 18.6 Å². The maximum atomic E-state index is 5.71. The molecule has 0 radical (unpaired) electrons. The highest BCUT2D eigenvalue weighted by Gasteiger charge is 2.12. The van der Waals surface area contributed by atoms with E-state index in [1.165, 1.54) is 18.1 Å². The molecule has 0 fully saturated rings. The lowest BCUT2D eigenvalue weighted by Crippen LogP contribution is -2.31. The van der Waals surface area contributed by atoms with Crippen molar-refractivity contribution in [2.45, 2.75) is 24.8 Å². The molecule has 3 rings (SSSR count). The Morgan fingerprint density at radius 2 is 2.04 bits per heavy atom. The summed E-state index contributed by atoms with van der Waals surface area (Å²) in [5, 5.41) is 15.0. The first kappa shape index (κ1) is 18.8. The molecular weight excluding hydrogens is 364 g/mol. The van der Waals surface area contributed by atoms with Gasteiger partial charge in [-0.3, -0.25) is 9.98 Å². The number of aromatic nitrogens is 5. The van der Waals surface area contributed by atoms with Crippen molar-refractivity contribution in [3.63, 3.8) is 0 Å². The first-order chi connectivity index (χ1) is 13.3. The average molecular weight is 384 g/mol. The third-order valence-electron chi connectivity index (χ3n) is 3.37. The lowest BCUT2D eigenvalue weighted by molar-refractivity contribution is 0.466. The van der Waals surface area contributed by atoms with Gasteiger partial charge in [-0.15, -0.1) is 10.2 Å². The molecule has 0 aliphatic carbocycles. The maximum absolute atomic E-state index is 5.71. The van der Waals surface area contributed by atoms with Crippen molar-refractivity contribution in [1.29, 1.82) is 0 Å². The van der Waals surface area contributed by atoms with Gasteiger partial charge in [-0.1, -0.05) is 11.8 Å². The number of rotatable bonds is 7. The Balaban J connectivity index is 1.68. The minimum absolute atomic E-state index is 0.465. The predicted molar refractivity (Wildman–Crippen MR) is 104 cm³/mol. The van der Waals surface area contributed by atoms with Crippen LogP contribution in [-0.2, 0) is 5.75 Å². The Morgan fingerprint density at radius 3 is 2.81 bits per heavy atom. The molecule has 0 saturated carbocycles. The number of hydrogen-bond donors (Lipinski definition) is 2. The van der Waals surface area contributed by atoms with Gasteiger partial charge in [0.05, 0.1) is 0 Å². The monoisotopic (exact) mass is 384 g/mol. The number of nitrogens with zero attached hydrogens (tertiary/aromatic N) is 6. The minimum Gasteiger partial charge on any atom is -0.411 e. The Hall–Kier alpha value is -3.01. The molecule has 0 atom stereocenters. The molecule has 0 amide bonds. The SMILES string of the molecule is CCN=C(NCC)Nc1ncncc1CSc1nnc(-c2ccncc2)o1. The van der Waals surface area contributed by atoms with Crippen molar-refractivity contribution in [2.75, 3.05) is 18.4 Å². The average Bonchev–Trinajstić information content (AvgIpc) is 3.17. The molecule has 3 aromatic rings. The number of nitrogens with one attached hydrogen (secondary N) is 2. The van der Waals surface area contributed by atoms with Crippen LogP contribution >= 0.6 is 11.8 Å². The van der Waals surface area contributed by atoms with Gasteiger partial charge in [0, 0.05) is 48.6 Å². The zero-order chi connectivity index (χ0) is 18.9. The Kier molecular flexibility index (Phi) is 6.69. The Morgan fingerprint density at radius 1 is 1.19 bits per heavy atom. The second kappa shape index (κ2) is 9.62. The summed E-state index contributed by atoms with van der Waals surface area (Å²) in [5.74, 6) is 2.42. The quantitative estimate of drug-likeness (QED) is 0.360. The van der Waals surface area contributed by atoms with Gasteiger partial charge in [-0.2, -0.15) is 0 Å². The molecule has 0 spiro atoms. The van der Waals surface area contributed by atoms with Crippen LogP contribution in [0.25, 0.3) is 11.5 Å². The van der Waals surface area contributed by atoms with Crippen LogP contribution in [0.2, 0.25) is 0 Å². The van der Waals surface area contributed by atoms with Crippen LogP contribution in [0.3, 0.4) is 0 Å². The summed E-state index contributed by atoms with van der Waals surface area (Å²) < 4.78 is 5.71. The van der Waals surface area contributed by atoms with Crippen LogP contribution in [0.4, 0.5) is 5.82 Å². The number of hydrogen-bond acceptors (Lipinski definition) is 8. The summed E-state index contributed by atoms with van der Waals surface area (Å²) in [7, 11) is 0. The van der Waals surface area contributed by atoms with Gasteiger partial charge in [0.15, 0.2) is 5.96 Å². The van der Waals surface area contributed by atoms with E-state index in [2.05, 4.69) is 40.8 Å². The van der Waals surface area contributed by atoms with Crippen LogP contribution in [0, 0.1) is 0 Å². The van der Waals surface area contributed by atoms with E-state index in [0.29, 0.717) is 35.2 Å². The molecule has 2 N–H and O–H groups in total. The summed E-state index contributed by atoms with van der Waals surface area (Å²) in [6.45, 7) is 5.43. The zero-order valence-corrected chi connectivity index (χ0v) is 15.9. The molecule has 0 saturated heterocycles. The van der Waals surface area contributed by atoms with Gasteiger partial charge >= 0.3 is 0 Å². The molecule has 27 heavy (non-hydrogen) atoms. The standard InChI is InChI=1S/C17H20N8OS/c1-3-20-16(21-4-2)23-14-13(9-19-11-22-14)10-27-17-25-24-15(26-17)12-5-7-18-8-6-12/h5-9,11H,3-4,10H2,1-2H3,(H2,19,20,21,22,23). The van der Waals surface area contributed by atoms with Crippen molar-refractivity contribution in [3.05, 3.63) is 42.6 Å². The zero-order valence-electron chi connectivity index (χ0n) is 15.1. The van der Waals surface area contributed by atoms with Gasteiger partial charge in [0.25, 0.3) is 5.22 Å². The van der Waals surface area contributed by atoms with Crippen molar-refractivity contribution < 1.29 is 4.42 Å². The van der Waals surface area contributed by atoms with Crippen molar-refractivity contribution >= 4 is 23.5 Å². The Labute approximate surface area is 161 Å². The first-order valence-electron chi connectivity index (χ1n) is 8.51. The fraction of sp³-hybridized carbons (Fsp3) is 0.294. The van der Waals surface area contributed by atoms with Crippen molar-refractivity contribution in [1.82, 2.24) is 30.5 Å². The molecule has 3 aromatic heterocycles. The molecule has 0 aliphatic rings. The molecule has 10 heteroatoms. The van der Waals surface area contributed by atoms with E-state index < -0.39 is 0 Å². The molecule has 0 unspecified atom stereocenters. The van der Waals surface area contributed by atoms with Crippen LogP contribution < -0.4 is 10.6 Å². The van der Waals surface area contributed by atoms with Gasteiger partial charge in [-0.25, -0.2) is 9.97 Å². The normalized spacial score (nSPS) is 11.4. The molecular formula is C17H20N8OS. The lowest BCUT2D eigenvalue weighted by Gasteiger charge is -2.12. The summed E-state index contributed by atoms with van der Waals surface area (Å²) >= 11 is 1.42. The van der Waals surface area contributed by atoms with Crippen molar-refractivity contribution in [2.24, 2.45) is 4.99 Å². The first-order valence-corrected chi connectivity index (χ1v) is 9.49. The second-order valence-corrected chi connectivity index (χ2v) is 6.20. The molecule has 0 bridgehead atoms. The van der Waals surface area contributed by atoms with E-state index in [4.69, 9.17) is 4.42 Å². The summed E-state index contributed by atoms with van der Waals surface area (Å²) in [5.41, 5.74) is 1.74. The predicted octanol–water partition coefficient (Wildman–Crippen LogP) is 2.61. The van der Waals surface area contributed by atoms with E-state index in [-0.39, 0.29) is 0 Å². The summed E-state index contributed by atoms with van der Waals surface area (Å²) in [6, 6.07) is 3.65. The van der Waals surface area contributed by atoms with Crippen LogP contribution in [0.1, 0.15) is 19.4 Å². The van der Waals surface area contributed by atoms with Crippen molar-refractivity contribution in [3.8, 4) is 11.5 Å². The molecule has 3 heterocycles. The number of aliphatic imine (C=N–C) groups is 1. The number of guanidine groups is 1. The smallest absolute Gasteiger partial charge is 0.277 e. The molecule has 0 aromatic carbocycles. The van der Waals surface area contributed by atoms with Gasteiger partial charge in [0.2, 0.25) is 5.89 Å². The highest BCUT2D eigenvalue weighted by molar-refractivity contribution is 7.98. The highest BCUT2D eigenvalue weighted by atomic mass is 32.2. The maximum Gasteiger partial charge on any atom is 0.277 e. The number of pyridine rings is 1. The van der Waals surface area contributed by atoms with Gasteiger partial charge < -0.3 is 15.1 Å². The third kappa shape index (κ3) is 5.23. The largest absolute Gasteiger partial charge is 0.411 e. The number of thioether (sulfide) groups is 1. The van der Waals surface area contributed by atoms with E-state index in [9.17, 15) is 0 Å². The molecule has 140 valence electrons. The number of anilines is 1. The third-order valence-corrected chi connectivity index (χ3v) is 4.24.